The van der Waals surface area contributed by atoms with E-state index in [0.29, 0.717) is 16.2 Å². The third kappa shape index (κ3) is 5.10. The summed E-state index contributed by atoms with van der Waals surface area (Å²) in [6.45, 7) is 0. The molecule has 3 nitrogen and oxygen atoms in total. The monoisotopic (exact) mass is 538 g/mol. The summed E-state index contributed by atoms with van der Waals surface area (Å²) in [5.41, 5.74) is 7.70. The van der Waals surface area contributed by atoms with E-state index in [9.17, 15) is 10.1 Å². The van der Waals surface area contributed by atoms with E-state index in [4.69, 9.17) is 4.98 Å². The summed E-state index contributed by atoms with van der Waals surface area (Å²) < 4.78 is 1.00. The minimum Gasteiger partial charge on any atom is -0.293 e. The summed E-state index contributed by atoms with van der Waals surface area (Å²) in [6, 6.07) is 28.3. The highest BCUT2D eigenvalue weighted by Gasteiger charge is 2.23. The number of benzene rings is 3. The Morgan fingerprint density at radius 2 is 1.54 bits per heavy atom. The fourth-order valence-electron chi connectivity index (χ4n) is 4.56. The number of nitrogens with zero attached hydrogens (tertiary/aromatic N) is 2. The topological polar surface area (TPSA) is 53.8 Å². The molecule has 35 heavy (non-hydrogen) atoms. The van der Waals surface area contributed by atoms with Crippen LogP contribution >= 0.6 is 27.7 Å². The molecular formula is C30H23BrN2OS. The number of ketones is 1. The van der Waals surface area contributed by atoms with Crippen molar-refractivity contribution in [2.45, 2.75) is 30.7 Å². The van der Waals surface area contributed by atoms with Crippen LogP contribution in [-0.4, -0.2) is 16.5 Å². The molecule has 172 valence electrons. The van der Waals surface area contributed by atoms with Crippen LogP contribution in [-0.2, 0) is 12.8 Å². The van der Waals surface area contributed by atoms with E-state index in [1.54, 1.807) is 0 Å². The van der Waals surface area contributed by atoms with Crippen LogP contribution in [0.4, 0.5) is 0 Å². The van der Waals surface area contributed by atoms with Crippen LogP contribution in [0.2, 0.25) is 0 Å². The standard InChI is InChI=1S/C30H23BrN2OS/c31-24-16-14-23(15-17-24)29-25-8-4-5-9-27(25)33-30(26(29)18-32)35-19-28(34)22-12-10-21(11-13-22)20-6-2-1-3-7-20/h1-3,6-7,10-17H,4-5,8-9,19H2. The van der Waals surface area contributed by atoms with Crippen molar-refractivity contribution in [2.24, 2.45) is 0 Å². The molecule has 5 heteroatoms. The Hall–Kier alpha value is -3.20. The van der Waals surface area contributed by atoms with Crippen molar-refractivity contribution in [3.05, 3.63) is 106 Å². The SMILES string of the molecule is N#Cc1c(SCC(=O)c2ccc(-c3ccccc3)cc2)nc2c(c1-c1ccc(Br)cc1)CCCC2. The highest BCUT2D eigenvalue weighted by Crippen LogP contribution is 2.38. The third-order valence-corrected chi connectivity index (χ3v) is 7.84. The van der Waals surface area contributed by atoms with Crippen LogP contribution in [0.3, 0.4) is 0 Å². The average molecular weight is 539 g/mol. The van der Waals surface area contributed by atoms with E-state index in [0.717, 1.165) is 58.1 Å². The predicted molar refractivity (Wildman–Crippen MR) is 146 cm³/mol. The predicted octanol–water partition coefficient (Wildman–Crippen LogP) is 7.90. The quantitative estimate of drug-likeness (QED) is 0.185. The first-order valence-electron chi connectivity index (χ1n) is 11.7. The van der Waals surface area contributed by atoms with Crippen molar-refractivity contribution in [1.82, 2.24) is 4.98 Å². The zero-order valence-electron chi connectivity index (χ0n) is 19.1. The number of carbonyl (C=O) groups is 1. The Morgan fingerprint density at radius 1 is 0.886 bits per heavy atom. The largest absolute Gasteiger partial charge is 0.293 e. The number of hydrogen-bond acceptors (Lipinski definition) is 4. The number of aromatic nitrogens is 1. The number of nitriles is 1. The van der Waals surface area contributed by atoms with E-state index >= 15 is 0 Å². The van der Waals surface area contributed by atoms with Gasteiger partial charge in [-0.3, -0.25) is 4.79 Å². The van der Waals surface area contributed by atoms with E-state index in [1.165, 1.54) is 17.3 Å². The zero-order chi connectivity index (χ0) is 24.2. The maximum absolute atomic E-state index is 13.0. The molecule has 0 bridgehead atoms. The lowest BCUT2D eigenvalue weighted by Crippen LogP contribution is -2.11. The number of Topliss-reactive ketones (excluding diaryl/α,β-unsaturated/α-hetero) is 1. The normalized spacial score (nSPS) is 12.6. The van der Waals surface area contributed by atoms with E-state index in [-0.39, 0.29) is 11.5 Å². The minimum absolute atomic E-state index is 0.0308. The van der Waals surface area contributed by atoms with Gasteiger partial charge in [0.25, 0.3) is 0 Å². The molecule has 1 aromatic heterocycles. The van der Waals surface area contributed by atoms with Crippen molar-refractivity contribution >= 4 is 33.5 Å². The van der Waals surface area contributed by atoms with Crippen LogP contribution in [0.25, 0.3) is 22.3 Å². The smallest absolute Gasteiger partial charge is 0.173 e. The summed E-state index contributed by atoms with van der Waals surface area (Å²) in [5, 5.41) is 10.8. The van der Waals surface area contributed by atoms with Gasteiger partial charge in [0.2, 0.25) is 0 Å². The molecule has 3 aromatic carbocycles. The first-order chi connectivity index (χ1) is 17.1. The van der Waals surface area contributed by atoms with Crippen molar-refractivity contribution in [2.75, 3.05) is 5.75 Å². The fourth-order valence-corrected chi connectivity index (χ4v) is 5.72. The molecule has 0 saturated carbocycles. The number of thioether (sulfide) groups is 1. The first kappa shape index (κ1) is 23.5. The molecule has 5 rings (SSSR count). The van der Waals surface area contributed by atoms with Crippen LogP contribution in [0.15, 0.2) is 88.4 Å². The molecule has 0 amide bonds. The Labute approximate surface area is 218 Å². The van der Waals surface area contributed by atoms with Gasteiger partial charge in [-0.25, -0.2) is 4.98 Å². The summed E-state index contributed by atoms with van der Waals surface area (Å²) in [7, 11) is 0. The third-order valence-electron chi connectivity index (χ3n) is 6.34. The fraction of sp³-hybridized carbons (Fsp3) is 0.167. The number of aryl methyl sites for hydroxylation is 1. The second-order valence-electron chi connectivity index (χ2n) is 8.57. The number of rotatable bonds is 6. The summed E-state index contributed by atoms with van der Waals surface area (Å²) in [5.74, 6) is 0.272. The van der Waals surface area contributed by atoms with Crippen molar-refractivity contribution in [3.63, 3.8) is 0 Å². The molecule has 1 aliphatic rings. The van der Waals surface area contributed by atoms with Crippen LogP contribution < -0.4 is 0 Å². The second-order valence-corrected chi connectivity index (χ2v) is 10.5. The van der Waals surface area contributed by atoms with Gasteiger partial charge in [0.05, 0.1) is 11.3 Å². The lowest BCUT2D eigenvalue weighted by molar-refractivity contribution is 0.102. The van der Waals surface area contributed by atoms with Crippen molar-refractivity contribution in [1.29, 1.82) is 5.26 Å². The lowest BCUT2D eigenvalue weighted by Gasteiger charge is -2.22. The van der Waals surface area contributed by atoms with Gasteiger partial charge in [-0.05, 0) is 60.1 Å². The molecule has 0 spiro atoms. The van der Waals surface area contributed by atoms with Crippen LogP contribution in [0.1, 0.15) is 40.0 Å². The van der Waals surface area contributed by atoms with Gasteiger partial charge in [-0.1, -0.05) is 94.4 Å². The van der Waals surface area contributed by atoms with Gasteiger partial charge in [0.1, 0.15) is 11.1 Å². The van der Waals surface area contributed by atoms with Crippen LogP contribution in [0, 0.1) is 11.3 Å². The van der Waals surface area contributed by atoms with E-state index < -0.39 is 0 Å². The highest BCUT2D eigenvalue weighted by atomic mass is 79.9. The van der Waals surface area contributed by atoms with Gasteiger partial charge in [0, 0.05) is 21.3 Å². The molecule has 0 radical (unpaired) electrons. The molecule has 0 atom stereocenters. The molecule has 0 N–H and O–H groups in total. The Balaban J connectivity index is 1.42. The number of hydrogen-bond donors (Lipinski definition) is 0. The Bertz CT molecular complexity index is 1410. The molecule has 0 unspecified atom stereocenters. The minimum atomic E-state index is 0.0308. The second kappa shape index (κ2) is 10.6. The van der Waals surface area contributed by atoms with Gasteiger partial charge < -0.3 is 0 Å². The molecule has 0 aliphatic heterocycles. The number of pyridine rings is 1. The van der Waals surface area contributed by atoms with Crippen LogP contribution in [0.5, 0.6) is 0 Å². The van der Waals surface area contributed by atoms with E-state index in [2.05, 4.69) is 34.1 Å². The summed E-state index contributed by atoms with van der Waals surface area (Å²) in [6.07, 6.45) is 4.04. The number of fused-ring (bicyclic) bond motifs is 1. The van der Waals surface area contributed by atoms with Crippen molar-refractivity contribution < 1.29 is 4.79 Å². The molecule has 0 saturated heterocycles. The number of carbonyl (C=O) groups excluding carboxylic acids is 1. The zero-order valence-corrected chi connectivity index (χ0v) is 21.5. The van der Waals surface area contributed by atoms with Gasteiger partial charge >= 0.3 is 0 Å². The van der Waals surface area contributed by atoms with Gasteiger partial charge in [-0.2, -0.15) is 5.26 Å². The first-order valence-corrected chi connectivity index (χ1v) is 13.4. The molecule has 0 fully saturated rings. The summed E-state index contributed by atoms with van der Waals surface area (Å²) in [4.78, 5) is 17.9. The van der Waals surface area contributed by atoms with E-state index in [1.807, 2.05) is 66.7 Å². The highest BCUT2D eigenvalue weighted by molar-refractivity contribution is 9.10. The molecule has 1 aliphatic carbocycles. The lowest BCUT2D eigenvalue weighted by atomic mass is 9.87. The van der Waals surface area contributed by atoms with Gasteiger partial charge in [-0.15, -0.1) is 0 Å². The van der Waals surface area contributed by atoms with Gasteiger partial charge in [0.15, 0.2) is 5.78 Å². The molecular weight excluding hydrogens is 516 g/mol. The maximum atomic E-state index is 13.0. The number of halogens is 1. The molecule has 1 heterocycles. The van der Waals surface area contributed by atoms with Crippen molar-refractivity contribution in [3.8, 4) is 28.3 Å². The Kier molecular flexibility index (Phi) is 7.13. The average Bonchev–Trinajstić information content (AvgIpc) is 2.92. The Morgan fingerprint density at radius 3 is 2.26 bits per heavy atom. The molecule has 4 aromatic rings. The maximum Gasteiger partial charge on any atom is 0.173 e. The summed E-state index contributed by atoms with van der Waals surface area (Å²) >= 11 is 4.87.